The largest absolute Gasteiger partial charge is 0.507 e. The van der Waals surface area contributed by atoms with Gasteiger partial charge in [0, 0.05) is 22.0 Å². The number of benzene rings is 4. The quantitative estimate of drug-likeness (QED) is 0.150. The molecule has 1 heterocycles. The predicted octanol–water partition coefficient (Wildman–Crippen LogP) is 3.84. The third-order valence-corrected chi connectivity index (χ3v) is 8.59. The molecule has 0 aliphatic carbocycles. The van der Waals surface area contributed by atoms with E-state index in [0.29, 0.717) is 27.5 Å². The third-order valence-electron chi connectivity index (χ3n) is 5.43. The molecule has 0 amide bonds. The maximum Gasteiger partial charge on any atom is 0.361 e. The van der Waals surface area contributed by atoms with Crippen molar-refractivity contribution in [3.63, 3.8) is 0 Å². The third kappa shape index (κ3) is 4.31. The molecule has 0 saturated carbocycles. The summed E-state index contributed by atoms with van der Waals surface area (Å²) in [7, 11) is -6.06. The molecular weight excluding hydrogens is 470 g/mol. The molecule has 5 N–H and O–H groups in total. The van der Waals surface area contributed by atoms with E-state index in [0.717, 1.165) is 11.1 Å². The summed E-state index contributed by atoms with van der Waals surface area (Å²) in [4.78, 5) is 0. The first-order valence-corrected chi connectivity index (χ1v) is 13.5. The van der Waals surface area contributed by atoms with Gasteiger partial charge in [0.25, 0.3) is 0 Å². The number of phenols is 1. The molecule has 1 aliphatic heterocycles. The summed E-state index contributed by atoms with van der Waals surface area (Å²) < 4.78 is 32.5. The van der Waals surface area contributed by atoms with Gasteiger partial charge in [0.1, 0.15) is 11.5 Å². The van der Waals surface area contributed by atoms with Crippen molar-refractivity contribution >= 4 is 26.1 Å². The molecule has 172 valence electrons. The molecule has 4 aromatic carbocycles. The standard InChI is InChI=1S/C24H22N4O4P2/c29-21-13-5-1-9-17(21)19-11-3-7-15-23(19)33(30)27-25-26-28-34(31)24-16-8-4-12-20(24)18-10-2-6-14-22(18)32-34/h1-16,25-26,29,33H,(H,27,30)(H,28,31). The van der Waals surface area contributed by atoms with Gasteiger partial charge >= 0.3 is 7.52 Å². The van der Waals surface area contributed by atoms with Crippen molar-refractivity contribution < 1.29 is 18.8 Å². The van der Waals surface area contributed by atoms with Gasteiger partial charge in [-0.05, 0) is 29.8 Å². The fraction of sp³-hybridized carbons (Fsp3) is 0. The van der Waals surface area contributed by atoms with Gasteiger partial charge in [0.15, 0.2) is 7.95 Å². The number of hydrogen-bond donors (Lipinski definition) is 5. The Hall–Kier alpha value is -3.22. The first-order chi connectivity index (χ1) is 16.6. The number of fused-ring (bicyclic) bond motifs is 3. The van der Waals surface area contributed by atoms with E-state index in [-0.39, 0.29) is 5.75 Å². The van der Waals surface area contributed by atoms with Crippen LogP contribution in [-0.2, 0) is 9.13 Å². The lowest BCUT2D eigenvalue weighted by atomic mass is 10.0. The molecule has 1 aliphatic rings. The first-order valence-electron chi connectivity index (χ1n) is 10.5. The van der Waals surface area contributed by atoms with Crippen LogP contribution in [0.5, 0.6) is 11.5 Å². The highest BCUT2D eigenvalue weighted by atomic mass is 31.2. The highest BCUT2D eigenvalue weighted by molar-refractivity contribution is 7.65. The molecule has 0 saturated heterocycles. The van der Waals surface area contributed by atoms with E-state index < -0.39 is 15.5 Å². The van der Waals surface area contributed by atoms with Crippen molar-refractivity contribution in [1.82, 2.24) is 21.5 Å². The van der Waals surface area contributed by atoms with E-state index in [1.807, 2.05) is 36.4 Å². The van der Waals surface area contributed by atoms with Crippen LogP contribution in [0.25, 0.3) is 22.3 Å². The lowest BCUT2D eigenvalue weighted by molar-refractivity contribution is 0.425. The summed E-state index contributed by atoms with van der Waals surface area (Å²) in [6.07, 6.45) is 0. The molecule has 5 rings (SSSR count). The number of aromatic hydroxyl groups is 1. The molecule has 4 aromatic rings. The van der Waals surface area contributed by atoms with Crippen LogP contribution < -0.4 is 36.6 Å². The second-order valence-electron chi connectivity index (χ2n) is 7.53. The van der Waals surface area contributed by atoms with Gasteiger partial charge in [-0.3, -0.25) is 4.57 Å². The van der Waals surface area contributed by atoms with Gasteiger partial charge in [-0.25, -0.2) is 0 Å². The van der Waals surface area contributed by atoms with Crippen LogP contribution in [0, 0.1) is 0 Å². The van der Waals surface area contributed by atoms with Crippen LogP contribution in [0.4, 0.5) is 0 Å². The van der Waals surface area contributed by atoms with Crippen molar-refractivity contribution in [3.05, 3.63) is 97.1 Å². The fourth-order valence-corrected chi connectivity index (χ4v) is 6.59. The Kier molecular flexibility index (Phi) is 6.35. The summed E-state index contributed by atoms with van der Waals surface area (Å²) in [5.41, 5.74) is 8.15. The molecule has 0 fully saturated rings. The predicted molar refractivity (Wildman–Crippen MR) is 134 cm³/mol. The summed E-state index contributed by atoms with van der Waals surface area (Å²) in [5.74, 6) is 0.612. The van der Waals surface area contributed by atoms with E-state index in [2.05, 4.69) is 21.5 Å². The minimum Gasteiger partial charge on any atom is -0.507 e. The number of rotatable bonds is 7. The molecule has 8 nitrogen and oxygen atoms in total. The van der Waals surface area contributed by atoms with Gasteiger partial charge in [-0.15, -0.1) is 0 Å². The minimum atomic E-state index is -3.52. The van der Waals surface area contributed by atoms with Crippen molar-refractivity contribution in [2.45, 2.75) is 0 Å². The Balaban J connectivity index is 1.29. The van der Waals surface area contributed by atoms with Gasteiger partial charge < -0.3 is 14.2 Å². The summed E-state index contributed by atoms with van der Waals surface area (Å²) in [6, 6.07) is 28.7. The van der Waals surface area contributed by atoms with E-state index in [4.69, 9.17) is 4.52 Å². The van der Waals surface area contributed by atoms with Crippen molar-refractivity contribution in [3.8, 4) is 33.8 Å². The average molecular weight is 492 g/mol. The number of nitrogens with one attached hydrogen (secondary N) is 4. The van der Waals surface area contributed by atoms with Crippen LogP contribution in [0.1, 0.15) is 0 Å². The van der Waals surface area contributed by atoms with Crippen molar-refractivity contribution in [1.29, 1.82) is 0 Å². The molecule has 0 radical (unpaired) electrons. The van der Waals surface area contributed by atoms with E-state index in [1.54, 1.807) is 60.7 Å². The minimum absolute atomic E-state index is 0.101. The summed E-state index contributed by atoms with van der Waals surface area (Å²) in [5, 5.41) is 16.7. The van der Waals surface area contributed by atoms with Gasteiger partial charge in [0.2, 0.25) is 0 Å². The molecule has 2 unspecified atom stereocenters. The first kappa shape index (κ1) is 22.6. The second-order valence-corrected chi connectivity index (χ2v) is 11.0. The molecule has 2 atom stereocenters. The van der Waals surface area contributed by atoms with Gasteiger partial charge in [-0.1, -0.05) is 72.8 Å². The van der Waals surface area contributed by atoms with E-state index in [1.165, 1.54) is 0 Å². The lowest BCUT2D eigenvalue weighted by Gasteiger charge is -2.28. The number of phenolic OH excluding ortho intramolecular Hbond substituents is 1. The van der Waals surface area contributed by atoms with E-state index >= 15 is 0 Å². The second kappa shape index (κ2) is 9.57. The Morgan fingerprint density at radius 2 is 1.32 bits per heavy atom. The van der Waals surface area contributed by atoms with Crippen molar-refractivity contribution in [2.75, 3.05) is 0 Å². The molecule has 0 bridgehead atoms. The molecule has 10 heteroatoms. The Bertz CT molecular complexity index is 1430. The molecular formula is C24H22N4O4P2. The Morgan fingerprint density at radius 1 is 0.706 bits per heavy atom. The van der Waals surface area contributed by atoms with Crippen LogP contribution in [-0.4, -0.2) is 5.11 Å². The lowest BCUT2D eigenvalue weighted by Crippen LogP contribution is -2.49. The summed E-state index contributed by atoms with van der Waals surface area (Å²) >= 11 is 0. The van der Waals surface area contributed by atoms with Gasteiger partial charge in [0.05, 0.1) is 5.30 Å². The number of hydrogen-bond acceptors (Lipinski definition) is 6. The maximum atomic E-state index is 13.6. The average Bonchev–Trinajstić information content (AvgIpc) is 2.87. The van der Waals surface area contributed by atoms with E-state index in [9.17, 15) is 14.2 Å². The topological polar surface area (TPSA) is 112 Å². The Morgan fingerprint density at radius 3 is 2.12 bits per heavy atom. The van der Waals surface area contributed by atoms with Gasteiger partial charge in [-0.2, -0.15) is 21.5 Å². The molecule has 0 aromatic heterocycles. The van der Waals surface area contributed by atoms with Crippen LogP contribution in [0.2, 0.25) is 0 Å². The number of hydrazine groups is 3. The van der Waals surface area contributed by atoms with Crippen LogP contribution >= 0.6 is 15.5 Å². The molecule has 34 heavy (non-hydrogen) atoms. The fourth-order valence-electron chi connectivity index (χ4n) is 3.87. The number of para-hydroxylation sites is 2. The SMILES string of the molecule is O=[PH](NNNNP1(=O)Oc2ccccc2-c2ccccc21)c1ccccc1-c1ccccc1O. The maximum absolute atomic E-state index is 13.6. The Labute approximate surface area is 197 Å². The zero-order chi connectivity index (χ0) is 23.5. The smallest absolute Gasteiger partial charge is 0.361 e. The monoisotopic (exact) mass is 492 g/mol. The van der Waals surface area contributed by atoms with Crippen LogP contribution in [0.3, 0.4) is 0 Å². The zero-order valence-electron chi connectivity index (χ0n) is 17.9. The van der Waals surface area contributed by atoms with Crippen molar-refractivity contribution in [2.24, 2.45) is 0 Å². The normalized spacial score (nSPS) is 17.3. The zero-order valence-corrected chi connectivity index (χ0v) is 19.8. The highest BCUT2D eigenvalue weighted by Gasteiger charge is 2.35. The summed E-state index contributed by atoms with van der Waals surface area (Å²) in [6.45, 7) is 0. The van der Waals surface area contributed by atoms with Crippen LogP contribution in [0.15, 0.2) is 97.1 Å². The molecule has 0 spiro atoms. The highest BCUT2D eigenvalue weighted by Crippen LogP contribution is 2.51.